The van der Waals surface area contributed by atoms with Crippen LogP contribution >= 0.6 is 0 Å². The second-order valence-corrected chi connectivity index (χ2v) is 4.85. The molecule has 124 valence electrons. The van der Waals surface area contributed by atoms with Gasteiger partial charge in [-0.15, -0.1) is 5.10 Å². The van der Waals surface area contributed by atoms with Crippen molar-refractivity contribution >= 4 is 11.6 Å². The van der Waals surface area contributed by atoms with E-state index in [4.69, 9.17) is 4.74 Å². The van der Waals surface area contributed by atoms with Crippen LogP contribution in [-0.4, -0.2) is 37.5 Å². The smallest absolute Gasteiger partial charge is 0.350 e. The molecule has 0 saturated carbocycles. The van der Waals surface area contributed by atoms with Crippen molar-refractivity contribution in [2.75, 3.05) is 7.11 Å². The third-order valence-corrected chi connectivity index (χ3v) is 3.25. The highest BCUT2D eigenvalue weighted by Crippen LogP contribution is 2.23. The van der Waals surface area contributed by atoms with Gasteiger partial charge in [-0.3, -0.25) is 24.3 Å². The van der Waals surface area contributed by atoms with E-state index in [0.29, 0.717) is 6.54 Å². The maximum absolute atomic E-state index is 11.9. The molecule has 0 saturated heterocycles. The van der Waals surface area contributed by atoms with Crippen LogP contribution in [0.2, 0.25) is 0 Å². The van der Waals surface area contributed by atoms with Crippen LogP contribution in [0.3, 0.4) is 0 Å². The quantitative estimate of drug-likeness (QED) is 0.590. The average molecular weight is 322 g/mol. The third kappa shape index (κ3) is 3.84. The first-order valence-corrected chi connectivity index (χ1v) is 7.00. The first-order chi connectivity index (χ1) is 10.9. The summed E-state index contributed by atoms with van der Waals surface area (Å²) in [6, 6.07) is 0. The molecule has 0 aromatic carbocycles. The number of methoxy groups -OCH3 is 1. The largest absolute Gasteiger partial charge is 0.475 e. The van der Waals surface area contributed by atoms with Gasteiger partial charge in [0.05, 0.1) is 17.7 Å². The Bertz CT molecular complexity index is 720. The Morgan fingerprint density at radius 3 is 2.65 bits per heavy atom. The van der Waals surface area contributed by atoms with Gasteiger partial charge in [-0.1, -0.05) is 0 Å². The van der Waals surface area contributed by atoms with E-state index in [1.54, 1.807) is 4.68 Å². The van der Waals surface area contributed by atoms with Gasteiger partial charge in [-0.2, -0.15) is 5.10 Å². The minimum Gasteiger partial charge on any atom is -0.475 e. The second-order valence-electron chi connectivity index (χ2n) is 4.85. The summed E-state index contributed by atoms with van der Waals surface area (Å²) in [6.07, 6.45) is 3.04. The number of nitrogens with zero attached hydrogens (tertiary/aromatic N) is 5. The Labute approximate surface area is 132 Å². The lowest BCUT2D eigenvalue weighted by Gasteiger charge is -2.04. The highest BCUT2D eigenvalue weighted by Gasteiger charge is 2.21. The Morgan fingerprint density at radius 2 is 2.13 bits per heavy atom. The maximum Gasteiger partial charge on any atom is 0.350 e. The van der Waals surface area contributed by atoms with Gasteiger partial charge in [0.2, 0.25) is 5.91 Å². The van der Waals surface area contributed by atoms with Crippen molar-refractivity contribution in [3.8, 4) is 5.88 Å². The monoisotopic (exact) mass is 322 g/mol. The summed E-state index contributed by atoms with van der Waals surface area (Å²) < 4.78 is 7.78. The van der Waals surface area contributed by atoms with Crippen LogP contribution in [0, 0.1) is 17.0 Å². The van der Waals surface area contributed by atoms with Crippen molar-refractivity contribution in [2.24, 2.45) is 0 Å². The topological polar surface area (TPSA) is 117 Å². The number of nitro groups is 1. The summed E-state index contributed by atoms with van der Waals surface area (Å²) in [5.74, 6) is -0.434. The first kappa shape index (κ1) is 16.5. The SMILES string of the molecule is CCn1cc(CNC(=O)Cn2cc([N+](=O)[O-])c(OC)n2)c(C)n1. The Hall–Kier alpha value is -2.91. The molecule has 0 atom stereocenters. The van der Waals surface area contributed by atoms with Crippen LogP contribution in [0.15, 0.2) is 12.4 Å². The highest BCUT2D eigenvalue weighted by molar-refractivity contribution is 5.75. The minimum absolute atomic E-state index is 0.122. The summed E-state index contributed by atoms with van der Waals surface area (Å²) in [6.45, 7) is 4.81. The van der Waals surface area contributed by atoms with Gasteiger partial charge in [-0.05, 0) is 13.8 Å². The molecule has 0 aliphatic rings. The molecule has 23 heavy (non-hydrogen) atoms. The summed E-state index contributed by atoms with van der Waals surface area (Å²) in [5.41, 5.74) is 1.49. The number of aromatic nitrogens is 4. The summed E-state index contributed by atoms with van der Waals surface area (Å²) in [5, 5.41) is 21.7. The van der Waals surface area contributed by atoms with E-state index < -0.39 is 4.92 Å². The summed E-state index contributed by atoms with van der Waals surface area (Å²) >= 11 is 0. The van der Waals surface area contributed by atoms with Crippen molar-refractivity contribution in [3.05, 3.63) is 33.8 Å². The van der Waals surface area contributed by atoms with Gasteiger partial charge >= 0.3 is 11.6 Å². The van der Waals surface area contributed by atoms with Crippen LogP contribution < -0.4 is 10.1 Å². The maximum atomic E-state index is 11.9. The van der Waals surface area contributed by atoms with Crippen molar-refractivity contribution in [3.63, 3.8) is 0 Å². The number of hydrogen-bond donors (Lipinski definition) is 1. The molecular weight excluding hydrogens is 304 g/mol. The van der Waals surface area contributed by atoms with E-state index in [1.165, 1.54) is 18.0 Å². The second kappa shape index (κ2) is 6.90. The number of amides is 1. The molecule has 0 aliphatic carbocycles. The van der Waals surface area contributed by atoms with E-state index in [1.807, 2.05) is 20.0 Å². The molecule has 0 aliphatic heterocycles. The Kier molecular flexibility index (Phi) is 4.94. The van der Waals surface area contributed by atoms with E-state index in [-0.39, 0.29) is 24.0 Å². The minimum atomic E-state index is -0.608. The number of hydrogen-bond acceptors (Lipinski definition) is 6. The molecule has 1 N–H and O–H groups in total. The molecule has 2 aromatic heterocycles. The Morgan fingerprint density at radius 1 is 1.39 bits per heavy atom. The number of nitrogens with one attached hydrogen (secondary N) is 1. The zero-order valence-electron chi connectivity index (χ0n) is 13.1. The standard InChI is InChI=1S/C13H18N6O4/c1-4-17-6-10(9(2)15-17)5-14-12(20)8-18-7-11(19(21)22)13(16-18)23-3/h6-7H,4-5,8H2,1-3H3,(H,14,20). The zero-order chi connectivity index (χ0) is 17.0. The third-order valence-electron chi connectivity index (χ3n) is 3.25. The molecule has 10 heteroatoms. The van der Waals surface area contributed by atoms with Crippen LogP contribution in [0.1, 0.15) is 18.2 Å². The molecule has 2 heterocycles. The van der Waals surface area contributed by atoms with Gasteiger partial charge in [0.15, 0.2) is 0 Å². The number of ether oxygens (including phenoxy) is 1. The molecule has 0 fully saturated rings. The van der Waals surface area contributed by atoms with Crippen molar-refractivity contribution in [1.82, 2.24) is 24.9 Å². The van der Waals surface area contributed by atoms with Crippen LogP contribution in [0.4, 0.5) is 5.69 Å². The van der Waals surface area contributed by atoms with E-state index in [2.05, 4.69) is 15.5 Å². The molecule has 0 unspecified atom stereocenters. The Balaban J connectivity index is 1.97. The van der Waals surface area contributed by atoms with Crippen molar-refractivity contribution < 1.29 is 14.5 Å². The van der Waals surface area contributed by atoms with Gasteiger partial charge in [-0.25, -0.2) is 0 Å². The van der Waals surface area contributed by atoms with Crippen LogP contribution in [-0.2, 0) is 24.4 Å². The average Bonchev–Trinajstić information content (AvgIpc) is 3.08. The molecule has 0 bridgehead atoms. The predicted molar refractivity (Wildman–Crippen MR) is 79.9 cm³/mol. The molecule has 1 amide bonds. The van der Waals surface area contributed by atoms with Crippen LogP contribution in [0.25, 0.3) is 0 Å². The van der Waals surface area contributed by atoms with Gasteiger partial charge < -0.3 is 10.1 Å². The van der Waals surface area contributed by atoms with Gasteiger partial charge in [0, 0.05) is 24.8 Å². The highest BCUT2D eigenvalue weighted by atomic mass is 16.6. The lowest BCUT2D eigenvalue weighted by atomic mass is 10.2. The number of carbonyl (C=O) groups is 1. The normalized spacial score (nSPS) is 10.6. The predicted octanol–water partition coefficient (Wildman–Crippen LogP) is 0.641. The number of carbonyl (C=O) groups excluding carboxylic acids is 1. The number of aryl methyl sites for hydroxylation is 2. The van der Waals surface area contributed by atoms with E-state index in [0.717, 1.165) is 17.8 Å². The fourth-order valence-electron chi connectivity index (χ4n) is 2.04. The lowest BCUT2D eigenvalue weighted by molar-refractivity contribution is -0.385. The molecule has 0 radical (unpaired) electrons. The van der Waals surface area contributed by atoms with Gasteiger partial charge in [0.25, 0.3) is 0 Å². The molecule has 0 spiro atoms. The van der Waals surface area contributed by atoms with Crippen LogP contribution in [0.5, 0.6) is 5.88 Å². The summed E-state index contributed by atoms with van der Waals surface area (Å²) in [4.78, 5) is 22.2. The molecular formula is C13H18N6O4. The molecule has 10 nitrogen and oxygen atoms in total. The lowest BCUT2D eigenvalue weighted by Crippen LogP contribution is -2.27. The zero-order valence-corrected chi connectivity index (χ0v) is 13.1. The van der Waals surface area contributed by atoms with Crippen molar-refractivity contribution in [1.29, 1.82) is 0 Å². The summed E-state index contributed by atoms with van der Waals surface area (Å²) in [7, 11) is 1.29. The fourth-order valence-corrected chi connectivity index (χ4v) is 2.04. The first-order valence-electron chi connectivity index (χ1n) is 7.00. The van der Waals surface area contributed by atoms with Crippen molar-refractivity contribution in [2.45, 2.75) is 33.5 Å². The number of rotatable bonds is 7. The van der Waals surface area contributed by atoms with E-state index in [9.17, 15) is 14.9 Å². The molecule has 2 rings (SSSR count). The molecule has 2 aromatic rings. The fraction of sp³-hybridized carbons (Fsp3) is 0.462. The van der Waals surface area contributed by atoms with Gasteiger partial charge in [0.1, 0.15) is 12.7 Å². The van der Waals surface area contributed by atoms with E-state index >= 15 is 0 Å².